The maximum atomic E-state index is 12.3. The highest BCUT2D eigenvalue weighted by Gasteiger charge is 2.12. The summed E-state index contributed by atoms with van der Waals surface area (Å²) in [6.07, 6.45) is 0.796. The summed E-state index contributed by atoms with van der Waals surface area (Å²) in [5.41, 5.74) is 1.94. The molecule has 0 radical (unpaired) electrons. The molecule has 0 saturated heterocycles. The van der Waals surface area contributed by atoms with Crippen LogP contribution in [0.4, 0.5) is 0 Å². The van der Waals surface area contributed by atoms with E-state index in [9.17, 15) is 4.79 Å². The number of hydrogen-bond donors (Lipinski definition) is 1. The minimum absolute atomic E-state index is 0.0417. The zero-order valence-electron chi connectivity index (χ0n) is 18.6. The Morgan fingerprint density at radius 2 is 1.58 bits per heavy atom. The molecule has 0 spiro atoms. The summed E-state index contributed by atoms with van der Waals surface area (Å²) < 4.78 is 18.7. The molecule has 0 aliphatic heterocycles. The van der Waals surface area contributed by atoms with Crippen LogP contribution in [0.2, 0.25) is 0 Å². The molecule has 33 heavy (non-hydrogen) atoms. The molecule has 0 aliphatic carbocycles. The molecule has 1 heterocycles. The Labute approximate surface area is 192 Å². The van der Waals surface area contributed by atoms with Crippen LogP contribution in [0.3, 0.4) is 0 Å². The van der Waals surface area contributed by atoms with Crippen molar-refractivity contribution in [2.75, 3.05) is 20.3 Å². The lowest BCUT2D eigenvalue weighted by Crippen LogP contribution is -2.29. The molecule has 170 valence electrons. The third kappa shape index (κ3) is 6.04. The van der Waals surface area contributed by atoms with Gasteiger partial charge in [-0.15, -0.1) is 0 Å². The molecular formula is C26H27N3O4. The van der Waals surface area contributed by atoms with E-state index >= 15 is 0 Å². The fraction of sp³-hybridized carbons (Fsp3) is 0.231. The number of carbonyl (C=O) groups excluding carboxylic acids is 1. The second-order valence-corrected chi connectivity index (χ2v) is 7.42. The van der Waals surface area contributed by atoms with E-state index in [0.717, 1.165) is 41.3 Å². The Kier molecular flexibility index (Phi) is 7.43. The van der Waals surface area contributed by atoms with Crippen molar-refractivity contribution in [1.29, 1.82) is 0 Å². The Morgan fingerprint density at radius 1 is 0.879 bits per heavy atom. The Balaban J connectivity index is 1.33. The molecule has 4 rings (SSSR count). The highest BCUT2D eigenvalue weighted by molar-refractivity contribution is 5.78. The molecule has 1 N–H and O–H groups in total. The normalized spacial score (nSPS) is 10.7. The van der Waals surface area contributed by atoms with Crippen LogP contribution in [0.25, 0.3) is 11.0 Å². The van der Waals surface area contributed by atoms with Gasteiger partial charge in [-0.1, -0.05) is 30.3 Å². The lowest BCUT2D eigenvalue weighted by atomic mass is 10.3. The van der Waals surface area contributed by atoms with Gasteiger partial charge in [-0.3, -0.25) is 4.79 Å². The smallest absolute Gasteiger partial charge is 0.258 e. The number of imidazole rings is 1. The molecule has 0 atom stereocenters. The third-order valence-corrected chi connectivity index (χ3v) is 5.14. The Morgan fingerprint density at radius 3 is 2.36 bits per heavy atom. The first kappa shape index (κ1) is 22.2. The summed E-state index contributed by atoms with van der Waals surface area (Å²) in [6.45, 7) is 1.57. The summed E-state index contributed by atoms with van der Waals surface area (Å²) in [5, 5.41) is 2.91. The number of methoxy groups -OCH3 is 1. The summed E-state index contributed by atoms with van der Waals surface area (Å²) in [7, 11) is 1.64. The zero-order chi connectivity index (χ0) is 22.9. The Bertz CT molecular complexity index is 1170. The van der Waals surface area contributed by atoms with Gasteiger partial charge in [0.25, 0.3) is 5.91 Å². The summed E-state index contributed by atoms with van der Waals surface area (Å²) >= 11 is 0. The quantitative estimate of drug-likeness (QED) is 0.350. The fourth-order valence-corrected chi connectivity index (χ4v) is 3.49. The Hall–Kier alpha value is -4.00. The van der Waals surface area contributed by atoms with Gasteiger partial charge >= 0.3 is 0 Å². The van der Waals surface area contributed by atoms with Crippen molar-refractivity contribution in [3.63, 3.8) is 0 Å². The van der Waals surface area contributed by atoms with Crippen LogP contribution in [0.15, 0.2) is 78.9 Å². The van der Waals surface area contributed by atoms with Gasteiger partial charge in [0.05, 0.1) is 31.3 Å². The maximum absolute atomic E-state index is 12.3. The average molecular weight is 446 g/mol. The van der Waals surface area contributed by atoms with E-state index in [0.29, 0.717) is 18.9 Å². The van der Waals surface area contributed by atoms with Crippen molar-refractivity contribution < 1.29 is 19.0 Å². The van der Waals surface area contributed by atoms with Crippen LogP contribution < -0.4 is 19.5 Å². The molecular weight excluding hydrogens is 418 g/mol. The average Bonchev–Trinajstić information content (AvgIpc) is 3.22. The molecule has 0 saturated carbocycles. The molecule has 3 aromatic carbocycles. The van der Waals surface area contributed by atoms with Gasteiger partial charge in [0.1, 0.15) is 23.1 Å². The minimum atomic E-state index is -0.194. The molecule has 4 aromatic rings. The molecule has 7 nitrogen and oxygen atoms in total. The SMILES string of the molecule is COc1ccc(OCCCn2c(CNC(=O)COc3ccccc3)nc3ccccc32)cc1. The number of benzene rings is 3. The monoisotopic (exact) mass is 445 g/mol. The highest BCUT2D eigenvalue weighted by atomic mass is 16.5. The first-order valence-corrected chi connectivity index (χ1v) is 10.9. The number of ether oxygens (including phenoxy) is 3. The molecule has 7 heteroatoms. The molecule has 1 amide bonds. The van der Waals surface area contributed by atoms with Gasteiger partial charge in [0, 0.05) is 6.54 Å². The lowest BCUT2D eigenvalue weighted by molar-refractivity contribution is -0.123. The van der Waals surface area contributed by atoms with Crippen molar-refractivity contribution in [2.45, 2.75) is 19.5 Å². The predicted molar refractivity (Wildman–Crippen MR) is 127 cm³/mol. The summed E-state index contributed by atoms with van der Waals surface area (Å²) in [4.78, 5) is 17.0. The topological polar surface area (TPSA) is 74.6 Å². The first-order valence-electron chi connectivity index (χ1n) is 10.9. The number of para-hydroxylation sites is 3. The van der Waals surface area contributed by atoms with Crippen molar-refractivity contribution in [1.82, 2.24) is 14.9 Å². The second kappa shape index (κ2) is 11.0. The predicted octanol–water partition coefficient (Wildman–Crippen LogP) is 4.21. The van der Waals surface area contributed by atoms with Crippen molar-refractivity contribution in [3.05, 3.63) is 84.7 Å². The van der Waals surface area contributed by atoms with Crippen molar-refractivity contribution >= 4 is 16.9 Å². The van der Waals surface area contributed by atoms with Crippen LogP contribution in [0.5, 0.6) is 17.2 Å². The van der Waals surface area contributed by atoms with E-state index in [2.05, 4.69) is 9.88 Å². The zero-order valence-corrected chi connectivity index (χ0v) is 18.6. The largest absolute Gasteiger partial charge is 0.497 e. The maximum Gasteiger partial charge on any atom is 0.258 e. The van der Waals surface area contributed by atoms with Crippen LogP contribution in [-0.4, -0.2) is 35.8 Å². The molecule has 0 unspecified atom stereocenters. The van der Waals surface area contributed by atoms with Gasteiger partial charge in [-0.25, -0.2) is 4.98 Å². The van der Waals surface area contributed by atoms with Gasteiger partial charge in [-0.05, 0) is 55.0 Å². The summed E-state index contributed by atoms with van der Waals surface area (Å²) in [5.74, 6) is 2.87. The van der Waals surface area contributed by atoms with Crippen molar-refractivity contribution in [2.24, 2.45) is 0 Å². The van der Waals surface area contributed by atoms with E-state index in [-0.39, 0.29) is 12.5 Å². The van der Waals surface area contributed by atoms with E-state index in [1.54, 1.807) is 7.11 Å². The molecule has 0 aliphatic rings. The second-order valence-electron chi connectivity index (χ2n) is 7.42. The number of hydrogen-bond acceptors (Lipinski definition) is 5. The number of amides is 1. The lowest BCUT2D eigenvalue weighted by Gasteiger charge is -2.12. The van der Waals surface area contributed by atoms with Gasteiger partial charge < -0.3 is 24.1 Å². The van der Waals surface area contributed by atoms with Crippen LogP contribution in [-0.2, 0) is 17.9 Å². The molecule has 0 bridgehead atoms. The van der Waals surface area contributed by atoms with E-state index in [1.165, 1.54) is 0 Å². The van der Waals surface area contributed by atoms with Gasteiger partial charge in [-0.2, -0.15) is 0 Å². The number of nitrogens with one attached hydrogen (secondary N) is 1. The number of nitrogens with zero attached hydrogens (tertiary/aromatic N) is 2. The van der Waals surface area contributed by atoms with Crippen molar-refractivity contribution in [3.8, 4) is 17.2 Å². The van der Waals surface area contributed by atoms with Gasteiger partial charge in [0.2, 0.25) is 0 Å². The van der Waals surface area contributed by atoms with E-state index in [4.69, 9.17) is 19.2 Å². The van der Waals surface area contributed by atoms with Crippen LogP contribution in [0, 0.1) is 0 Å². The fourth-order valence-electron chi connectivity index (χ4n) is 3.49. The van der Waals surface area contributed by atoms with Crippen LogP contribution >= 0.6 is 0 Å². The van der Waals surface area contributed by atoms with Gasteiger partial charge in [0.15, 0.2) is 6.61 Å². The number of aryl methyl sites for hydroxylation is 1. The minimum Gasteiger partial charge on any atom is -0.497 e. The number of rotatable bonds is 11. The standard InChI is InChI=1S/C26H27N3O4/c1-31-20-12-14-22(15-13-20)32-17-7-16-29-24-11-6-5-10-23(24)28-25(29)18-27-26(30)19-33-21-8-3-2-4-9-21/h2-6,8-15H,7,16-19H2,1H3,(H,27,30). The summed E-state index contributed by atoms with van der Waals surface area (Å²) in [6, 6.07) is 24.8. The highest BCUT2D eigenvalue weighted by Crippen LogP contribution is 2.19. The molecule has 1 aromatic heterocycles. The van der Waals surface area contributed by atoms with E-state index in [1.807, 2.05) is 78.9 Å². The number of fused-ring (bicyclic) bond motifs is 1. The third-order valence-electron chi connectivity index (χ3n) is 5.14. The van der Waals surface area contributed by atoms with E-state index < -0.39 is 0 Å². The number of aromatic nitrogens is 2. The van der Waals surface area contributed by atoms with Crippen LogP contribution in [0.1, 0.15) is 12.2 Å². The number of carbonyl (C=O) groups is 1. The molecule has 0 fully saturated rings. The first-order chi connectivity index (χ1) is 16.2.